The van der Waals surface area contributed by atoms with Gasteiger partial charge in [-0.05, 0) is 40.2 Å². The first-order chi connectivity index (χ1) is 5.87. The van der Waals surface area contributed by atoms with Crippen LogP contribution in [-0.4, -0.2) is 18.5 Å². The van der Waals surface area contributed by atoms with Gasteiger partial charge in [-0.3, -0.25) is 4.79 Å². The third-order valence-electron chi connectivity index (χ3n) is 1.98. The highest BCUT2D eigenvalue weighted by molar-refractivity contribution is 5.90. The van der Waals surface area contributed by atoms with Gasteiger partial charge in [-0.25, -0.2) is 0 Å². The van der Waals surface area contributed by atoms with Crippen molar-refractivity contribution in [3.05, 3.63) is 11.6 Å². The van der Waals surface area contributed by atoms with Crippen molar-refractivity contribution >= 4 is 5.78 Å². The van der Waals surface area contributed by atoms with Crippen molar-refractivity contribution in [2.24, 2.45) is 0 Å². The average Bonchev–Trinajstić information content (AvgIpc) is 2.00. The molecule has 76 valence electrons. The molecule has 0 N–H and O–H groups in total. The van der Waals surface area contributed by atoms with E-state index in [9.17, 15) is 4.79 Å². The van der Waals surface area contributed by atoms with Crippen LogP contribution >= 0.6 is 0 Å². The zero-order valence-electron chi connectivity index (χ0n) is 9.31. The lowest BCUT2D eigenvalue weighted by Gasteiger charge is -2.21. The van der Waals surface area contributed by atoms with Crippen molar-refractivity contribution in [1.82, 2.24) is 0 Å². The number of ketones is 1. The fourth-order valence-corrected chi connectivity index (χ4v) is 0.920. The summed E-state index contributed by atoms with van der Waals surface area (Å²) in [6, 6.07) is 0. The molecule has 0 rings (SSSR count). The van der Waals surface area contributed by atoms with E-state index in [1.165, 1.54) is 0 Å². The molecule has 0 saturated heterocycles. The summed E-state index contributed by atoms with van der Waals surface area (Å²) < 4.78 is 5.22. The number of allylic oxidation sites excluding steroid dienone is 2. The van der Waals surface area contributed by atoms with E-state index < -0.39 is 0 Å². The number of hydrogen-bond acceptors (Lipinski definition) is 2. The highest BCUT2D eigenvalue weighted by Gasteiger charge is 2.16. The second-order valence-corrected chi connectivity index (χ2v) is 4.15. The van der Waals surface area contributed by atoms with E-state index in [-0.39, 0.29) is 11.4 Å². The minimum absolute atomic E-state index is 0.185. The third-order valence-corrected chi connectivity index (χ3v) is 1.98. The molecule has 2 heteroatoms. The maximum atomic E-state index is 11.3. The van der Waals surface area contributed by atoms with Gasteiger partial charge in [0.2, 0.25) is 0 Å². The number of rotatable bonds is 5. The smallest absolute Gasteiger partial charge is 0.155 e. The van der Waals surface area contributed by atoms with Crippen LogP contribution in [0.25, 0.3) is 0 Å². The van der Waals surface area contributed by atoms with E-state index in [4.69, 9.17) is 4.74 Å². The fraction of sp³-hybridized carbons (Fsp3) is 0.727. The molecule has 0 aromatic rings. The molecule has 0 aliphatic rings. The van der Waals surface area contributed by atoms with Crippen molar-refractivity contribution in [3.8, 4) is 0 Å². The van der Waals surface area contributed by atoms with Crippen LogP contribution in [0.1, 0.15) is 40.5 Å². The van der Waals surface area contributed by atoms with Gasteiger partial charge in [-0.1, -0.05) is 5.57 Å². The Balaban J connectivity index is 3.90. The molecule has 0 unspecified atom stereocenters. The number of carbonyl (C=O) groups is 1. The maximum Gasteiger partial charge on any atom is 0.155 e. The van der Waals surface area contributed by atoms with Crippen molar-refractivity contribution in [2.45, 2.75) is 46.1 Å². The number of carbonyl (C=O) groups excluding carboxylic acids is 1. The molecule has 0 aliphatic carbocycles. The lowest BCUT2D eigenvalue weighted by molar-refractivity contribution is -0.116. The summed E-state index contributed by atoms with van der Waals surface area (Å²) in [5.41, 5.74) is 0.866. The second kappa shape index (κ2) is 5.18. The minimum Gasteiger partial charge on any atom is -0.379 e. The lowest BCUT2D eigenvalue weighted by Crippen LogP contribution is -2.23. The largest absolute Gasteiger partial charge is 0.379 e. The van der Waals surface area contributed by atoms with Gasteiger partial charge in [0.25, 0.3) is 0 Å². The van der Waals surface area contributed by atoms with Gasteiger partial charge in [-0.2, -0.15) is 0 Å². The van der Waals surface area contributed by atoms with Gasteiger partial charge in [0.15, 0.2) is 5.78 Å². The molecule has 13 heavy (non-hydrogen) atoms. The first-order valence-electron chi connectivity index (χ1n) is 4.60. The fourth-order valence-electron chi connectivity index (χ4n) is 0.920. The van der Waals surface area contributed by atoms with Gasteiger partial charge < -0.3 is 4.74 Å². The number of hydrogen-bond donors (Lipinski definition) is 0. The summed E-state index contributed by atoms with van der Waals surface area (Å²) >= 11 is 0. The van der Waals surface area contributed by atoms with Crippen LogP contribution in [0.4, 0.5) is 0 Å². The highest BCUT2D eigenvalue weighted by Crippen LogP contribution is 2.15. The summed E-state index contributed by atoms with van der Waals surface area (Å²) in [6.07, 6.45) is 3.02. The van der Waals surface area contributed by atoms with Gasteiger partial charge in [0, 0.05) is 13.5 Å². The molecule has 0 aromatic heterocycles. The Bertz CT molecular complexity index is 198. The number of ether oxygens (including phenoxy) is 1. The van der Waals surface area contributed by atoms with Crippen LogP contribution in [0, 0.1) is 0 Å². The standard InChI is InChI=1S/C11H20O2/c1-9(2)8-10(12)6-7-11(3,4)13-5/h8H,6-7H2,1-5H3. The topological polar surface area (TPSA) is 26.3 Å². The van der Waals surface area contributed by atoms with Crippen LogP contribution in [0.3, 0.4) is 0 Å². The van der Waals surface area contributed by atoms with Crippen molar-refractivity contribution in [1.29, 1.82) is 0 Å². The zero-order valence-corrected chi connectivity index (χ0v) is 9.31. The van der Waals surface area contributed by atoms with Crippen LogP contribution in [-0.2, 0) is 9.53 Å². The van der Waals surface area contributed by atoms with E-state index in [2.05, 4.69) is 0 Å². The van der Waals surface area contributed by atoms with Gasteiger partial charge in [0.1, 0.15) is 0 Å². The molecule has 0 spiro atoms. The summed E-state index contributed by atoms with van der Waals surface area (Å²) in [6.45, 7) is 7.84. The Morgan fingerprint density at radius 2 is 1.92 bits per heavy atom. The molecule has 0 amide bonds. The Morgan fingerprint density at radius 3 is 2.31 bits per heavy atom. The molecule has 0 radical (unpaired) electrons. The van der Waals surface area contributed by atoms with Crippen molar-refractivity contribution in [2.75, 3.05) is 7.11 Å². The third kappa shape index (κ3) is 6.52. The predicted octanol–water partition coefficient (Wildman–Crippen LogP) is 2.73. The van der Waals surface area contributed by atoms with Crippen LogP contribution in [0.5, 0.6) is 0 Å². The maximum absolute atomic E-state index is 11.3. The highest BCUT2D eigenvalue weighted by atomic mass is 16.5. The minimum atomic E-state index is -0.189. The number of methoxy groups -OCH3 is 1. The zero-order chi connectivity index (χ0) is 10.5. The van der Waals surface area contributed by atoms with E-state index in [0.29, 0.717) is 6.42 Å². The van der Waals surface area contributed by atoms with Crippen molar-refractivity contribution in [3.63, 3.8) is 0 Å². The predicted molar refractivity (Wildman–Crippen MR) is 54.8 cm³/mol. The lowest BCUT2D eigenvalue weighted by atomic mass is 10.0. The van der Waals surface area contributed by atoms with E-state index in [0.717, 1.165) is 12.0 Å². The molecule has 0 bridgehead atoms. The molecule has 2 nitrogen and oxygen atoms in total. The van der Waals surface area contributed by atoms with Crippen LogP contribution in [0.15, 0.2) is 11.6 Å². The first-order valence-corrected chi connectivity index (χ1v) is 4.60. The summed E-state index contributed by atoms with van der Waals surface area (Å²) in [4.78, 5) is 11.3. The normalized spacial score (nSPS) is 11.2. The van der Waals surface area contributed by atoms with Crippen LogP contribution < -0.4 is 0 Å². The molecule has 0 atom stereocenters. The average molecular weight is 184 g/mol. The molecule has 0 heterocycles. The quantitative estimate of drug-likeness (QED) is 0.614. The van der Waals surface area contributed by atoms with Gasteiger partial charge >= 0.3 is 0 Å². The molecule has 0 aliphatic heterocycles. The van der Waals surface area contributed by atoms with Crippen molar-refractivity contribution < 1.29 is 9.53 Å². The Hall–Kier alpha value is -0.630. The van der Waals surface area contributed by atoms with E-state index in [1.807, 2.05) is 27.7 Å². The molecule has 0 aromatic carbocycles. The Kier molecular flexibility index (Phi) is 4.92. The second-order valence-electron chi connectivity index (χ2n) is 4.15. The Morgan fingerprint density at radius 1 is 1.38 bits per heavy atom. The molecule has 0 fully saturated rings. The van der Waals surface area contributed by atoms with Gasteiger partial charge in [0.05, 0.1) is 5.60 Å². The summed E-state index contributed by atoms with van der Waals surface area (Å²) in [5, 5.41) is 0. The molecule has 0 saturated carbocycles. The van der Waals surface area contributed by atoms with Gasteiger partial charge in [-0.15, -0.1) is 0 Å². The Labute approximate surface area is 81.0 Å². The summed E-state index contributed by atoms with van der Waals surface area (Å²) in [5.74, 6) is 0.185. The SMILES string of the molecule is COC(C)(C)CCC(=O)C=C(C)C. The first kappa shape index (κ1) is 12.4. The van der Waals surface area contributed by atoms with Crippen LogP contribution in [0.2, 0.25) is 0 Å². The monoisotopic (exact) mass is 184 g/mol. The molecular weight excluding hydrogens is 164 g/mol. The van der Waals surface area contributed by atoms with E-state index in [1.54, 1.807) is 13.2 Å². The van der Waals surface area contributed by atoms with E-state index >= 15 is 0 Å². The summed E-state index contributed by atoms with van der Waals surface area (Å²) in [7, 11) is 1.67. The molecular formula is C11H20O2.